The Morgan fingerprint density at radius 2 is 1.87 bits per heavy atom. The molecular formula is C23H28FN5O2. The zero-order valence-electron chi connectivity index (χ0n) is 18.1. The summed E-state index contributed by atoms with van der Waals surface area (Å²) in [4.78, 5) is 8.53. The summed E-state index contributed by atoms with van der Waals surface area (Å²) in [5.41, 5.74) is 2.38. The molecule has 0 saturated carbocycles. The molecule has 0 aliphatic heterocycles. The zero-order chi connectivity index (χ0) is 22.1. The maximum Gasteiger partial charge on any atom is 0.191 e. The summed E-state index contributed by atoms with van der Waals surface area (Å²) < 4.78 is 26.7. The van der Waals surface area contributed by atoms with Crippen LogP contribution in [0, 0.1) is 5.82 Å². The SMILES string of the molecule is CCNC(=NCc1ccc(-n2ccnc2)c(F)c1)NCCc1ccc(OC)c(OC)c1. The van der Waals surface area contributed by atoms with Crippen LogP contribution < -0.4 is 20.1 Å². The molecule has 0 aliphatic rings. The molecule has 1 heterocycles. The molecule has 0 bridgehead atoms. The number of hydrogen-bond acceptors (Lipinski definition) is 4. The van der Waals surface area contributed by atoms with E-state index in [2.05, 4.69) is 20.6 Å². The maximum atomic E-state index is 14.4. The number of ether oxygens (including phenoxy) is 2. The fourth-order valence-corrected chi connectivity index (χ4v) is 3.13. The summed E-state index contributed by atoms with van der Waals surface area (Å²) in [5.74, 6) is 1.79. The van der Waals surface area contributed by atoms with Crippen molar-refractivity contribution in [2.24, 2.45) is 4.99 Å². The highest BCUT2D eigenvalue weighted by Crippen LogP contribution is 2.27. The lowest BCUT2D eigenvalue weighted by atomic mass is 10.1. The Kier molecular flexibility index (Phi) is 7.86. The van der Waals surface area contributed by atoms with Crippen LogP contribution >= 0.6 is 0 Å². The predicted molar refractivity (Wildman–Crippen MR) is 120 cm³/mol. The van der Waals surface area contributed by atoms with Gasteiger partial charge in [-0.25, -0.2) is 14.4 Å². The van der Waals surface area contributed by atoms with Gasteiger partial charge in [0.25, 0.3) is 0 Å². The van der Waals surface area contributed by atoms with E-state index in [1.807, 2.05) is 31.2 Å². The van der Waals surface area contributed by atoms with E-state index < -0.39 is 0 Å². The van der Waals surface area contributed by atoms with E-state index in [9.17, 15) is 4.39 Å². The molecule has 31 heavy (non-hydrogen) atoms. The van der Waals surface area contributed by atoms with Crippen molar-refractivity contribution in [1.29, 1.82) is 0 Å². The Hall–Kier alpha value is -3.55. The van der Waals surface area contributed by atoms with Gasteiger partial charge < -0.3 is 24.7 Å². The smallest absolute Gasteiger partial charge is 0.191 e. The molecule has 0 unspecified atom stereocenters. The van der Waals surface area contributed by atoms with Crippen molar-refractivity contribution in [1.82, 2.24) is 20.2 Å². The van der Waals surface area contributed by atoms with E-state index in [1.54, 1.807) is 43.6 Å². The van der Waals surface area contributed by atoms with Gasteiger partial charge in [0.15, 0.2) is 17.5 Å². The van der Waals surface area contributed by atoms with Gasteiger partial charge in [0.2, 0.25) is 0 Å². The van der Waals surface area contributed by atoms with E-state index in [4.69, 9.17) is 9.47 Å². The van der Waals surface area contributed by atoms with Gasteiger partial charge >= 0.3 is 0 Å². The van der Waals surface area contributed by atoms with E-state index >= 15 is 0 Å². The van der Waals surface area contributed by atoms with Crippen LogP contribution in [0.2, 0.25) is 0 Å². The van der Waals surface area contributed by atoms with Gasteiger partial charge in [-0.1, -0.05) is 12.1 Å². The van der Waals surface area contributed by atoms with Gasteiger partial charge in [-0.05, 0) is 48.7 Å². The second kappa shape index (κ2) is 11.0. The quantitative estimate of drug-likeness (QED) is 0.406. The van der Waals surface area contributed by atoms with Crippen molar-refractivity contribution in [3.05, 3.63) is 72.1 Å². The normalized spacial score (nSPS) is 11.3. The average Bonchev–Trinajstić information content (AvgIpc) is 3.32. The highest BCUT2D eigenvalue weighted by Gasteiger charge is 2.07. The summed E-state index contributed by atoms with van der Waals surface area (Å²) in [6.07, 6.45) is 5.69. The number of nitrogens with one attached hydrogen (secondary N) is 2. The molecule has 164 valence electrons. The van der Waals surface area contributed by atoms with Crippen LogP contribution in [0.4, 0.5) is 4.39 Å². The first-order valence-electron chi connectivity index (χ1n) is 10.1. The summed E-state index contributed by atoms with van der Waals surface area (Å²) >= 11 is 0. The number of aromatic nitrogens is 2. The van der Waals surface area contributed by atoms with Gasteiger partial charge in [0, 0.05) is 25.5 Å². The van der Waals surface area contributed by atoms with Gasteiger partial charge in [0.05, 0.1) is 32.8 Å². The standard InChI is InChI=1S/C23H28FN5O2/c1-4-26-23(27-10-9-17-6-8-21(30-2)22(14-17)31-3)28-15-18-5-7-20(19(24)13-18)29-12-11-25-16-29/h5-8,11-14,16H,4,9-10,15H2,1-3H3,(H2,26,27,28). The van der Waals surface area contributed by atoms with Crippen LogP contribution in [-0.4, -0.2) is 42.8 Å². The monoisotopic (exact) mass is 425 g/mol. The highest BCUT2D eigenvalue weighted by molar-refractivity contribution is 5.79. The number of imidazole rings is 1. The lowest BCUT2D eigenvalue weighted by Crippen LogP contribution is -2.38. The Labute approximate surface area is 181 Å². The third kappa shape index (κ3) is 5.97. The molecule has 0 atom stereocenters. The van der Waals surface area contributed by atoms with E-state index in [0.717, 1.165) is 24.1 Å². The fraction of sp³-hybridized carbons (Fsp3) is 0.304. The molecule has 0 amide bonds. The van der Waals surface area contributed by atoms with Gasteiger partial charge in [0.1, 0.15) is 5.82 Å². The van der Waals surface area contributed by atoms with E-state index in [0.29, 0.717) is 36.2 Å². The van der Waals surface area contributed by atoms with Crippen molar-refractivity contribution in [3.63, 3.8) is 0 Å². The number of rotatable bonds is 9. The molecule has 1 aromatic heterocycles. The summed E-state index contributed by atoms with van der Waals surface area (Å²) in [6, 6.07) is 11.0. The topological polar surface area (TPSA) is 72.7 Å². The lowest BCUT2D eigenvalue weighted by molar-refractivity contribution is 0.354. The number of nitrogens with zero attached hydrogens (tertiary/aromatic N) is 3. The van der Waals surface area contributed by atoms with Crippen LogP contribution in [0.15, 0.2) is 60.1 Å². The first-order chi connectivity index (χ1) is 15.1. The highest BCUT2D eigenvalue weighted by atomic mass is 19.1. The second-order valence-corrected chi connectivity index (χ2v) is 6.82. The Morgan fingerprint density at radius 1 is 1.06 bits per heavy atom. The minimum absolute atomic E-state index is 0.308. The first-order valence-corrected chi connectivity index (χ1v) is 10.1. The molecule has 0 saturated heterocycles. The van der Waals surface area contributed by atoms with Crippen LogP contribution in [0.5, 0.6) is 11.5 Å². The zero-order valence-corrected chi connectivity index (χ0v) is 18.1. The van der Waals surface area contributed by atoms with Crippen molar-refractivity contribution in [2.75, 3.05) is 27.3 Å². The number of benzene rings is 2. The molecule has 2 N–H and O–H groups in total. The maximum absolute atomic E-state index is 14.4. The largest absolute Gasteiger partial charge is 0.493 e. The summed E-state index contributed by atoms with van der Waals surface area (Å²) in [7, 11) is 3.25. The van der Waals surface area contributed by atoms with Crippen molar-refractivity contribution >= 4 is 5.96 Å². The summed E-state index contributed by atoms with van der Waals surface area (Å²) in [5, 5.41) is 6.53. The summed E-state index contributed by atoms with van der Waals surface area (Å²) in [6.45, 7) is 3.79. The van der Waals surface area contributed by atoms with Crippen LogP contribution in [0.1, 0.15) is 18.1 Å². The predicted octanol–water partition coefficient (Wildman–Crippen LogP) is 3.33. The number of guanidine groups is 1. The minimum Gasteiger partial charge on any atom is -0.493 e. The number of hydrogen-bond donors (Lipinski definition) is 2. The Morgan fingerprint density at radius 3 is 2.55 bits per heavy atom. The molecular weight excluding hydrogens is 397 g/mol. The number of aliphatic imine (C=N–C) groups is 1. The Balaban J connectivity index is 1.59. The molecule has 0 aliphatic carbocycles. The lowest BCUT2D eigenvalue weighted by Gasteiger charge is -2.13. The number of methoxy groups -OCH3 is 2. The minimum atomic E-state index is -0.308. The third-order valence-corrected chi connectivity index (χ3v) is 4.71. The van der Waals surface area contributed by atoms with E-state index in [1.165, 1.54) is 6.07 Å². The number of halogens is 1. The molecule has 0 spiro atoms. The van der Waals surface area contributed by atoms with Crippen molar-refractivity contribution in [2.45, 2.75) is 19.9 Å². The van der Waals surface area contributed by atoms with Crippen LogP contribution in [0.3, 0.4) is 0 Å². The van der Waals surface area contributed by atoms with Gasteiger partial charge in [-0.2, -0.15) is 0 Å². The first kappa shape index (κ1) is 22.1. The third-order valence-electron chi connectivity index (χ3n) is 4.71. The van der Waals surface area contributed by atoms with Gasteiger partial charge in [-0.15, -0.1) is 0 Å². The molecule has 3 aromatic rings. The average molecular weight is 426 g/mol. The second-order valence-electron chi connectivity index (χ2n) is 6.82. The molecule has 0 radical (unpaired) electrons. The molecule has 3 rings (SSSR count). The Bertz CT molecular complexity index is 1010. The molecule has 0 fully saturated rings. The molecule has 7 nitrogen and oxygen atoms in total. The van der Waals surface area contributed by atoms with Crippen LogP contribution in [-0.2, 0) is 13.0 Å². The molecule has 2 aromatic carbocycles. The molecule has 8 heteroatoms. The van der Waals surface area contributed by atoms with E-state index in [-0.39, 0.29) is 5.82 Å². The van der Waals surface area contributed by atoms with Crippen molar-refractivity contribution < 1.29 is 13.9 Å². The van der Waals surface area contributed by atoms with Gasteiger partial charge in [-0.3, -0.25) is 0 Å². The van der Waals surface area contributed by atoms with Crippen LogP contribution in [0.25, 0.3) is 5.69 Å². The van der Waals surface area contributed by atoms with Crippen molar-refractivity contribution in [3.8, 4) is 17.2 Å². The fourth-order valence-electron chi connectivity index (χ4n) is 3.13.